The summed E-state index contributed by atoms with van der Waals surface area (Å²) < 4.78 is 31.0. The number of hydrogen-bond donors (Lipinski definition) is 2. The molecule has 2 N–H and O–H groups in total. The molecule has 0 bridgehead atoms. The number of nitrogens with zero attached hydrogens (tertiary/aromatic N) is 1. The Labute approximate surface area is 118 Å². The minimum atomic E-state index is -4.19. The zero-order valence-corrected chi connectivity index (χ0v) is 12.1. The molecule has 0 aliphatic carbocycles. The van der Waals surface area contributed by atoms with Crippen LogP contribution in [0.3, 0.4) is 0 Å². The van der Waals surface area contributed by atoms with Crippen molar-refractivity contribution < 1.29 is 44.0 Å². The molecule has 0 unspecified atom stereocenters. The standard InChI is InChI=1S/C7H5BrN2O3S.Na.H/c8-5-1-4-2-6(14(11,12)13)10-7(4)9-3-5;;/h1-3H,(H,9,10)(H,11,12,13);;/q;+1;-1. The first-order valence-electron chi connectivity index (χ1n) is 3.58. The molecule has 0 saturated heterocycles. The van der Waals surface area contributed by atoms with Crippen molar-refractivity contribution in [2.45, 2.75) is 5.03 Å². The van der Waals surface area contributed by atoms with Gasteiger partial charge in [0.05, 0.1) is 0 Å². The summed E-state index contributed by atoms with van der Waals surface area (Å²) in [5, 5.41) is 0.366. The normalized spacial score (nSPS) is 11.3. The van der Waals surface area contributed by atoms with Gasteiger partial charge in [-0.25, -0.2) is 4.98 Å². The third kappa shape index (κ3) is 2.80. The molecule has 0 spiro atoms. The number of rotatable bonds is 1. The van der Waals surface area contributed by atoms with Gasteiger partial charge >= 0.3 is 39.7 Å². The van der Waals surface area contributed by atoms with E-state index >= 15 is 0 Å². The summed E-state index contributed by atoms with van der Waals surface area (Å²) in [6.07, 6.45) is 1.53. The van der Waals surface area contributed by atoms with E-state index in [9.17, 15) is 8.42 Å². The first kappa shape index (κ1) is 13.1. The SMILES string of the molecule is O=S(=O)(O)c1cc2cc(Br)cnc2[nH]1.[H-].[Na+]. The summed E-state index contributed by atoms with van der Waals surface area (Å²) in [6.45, 7) is 0. The van der Waals surface area contributed by atoms with Gasteiger partial charge in [0.1, 0.15) is 5.65 Å². The second kappa shape index (κ2) is 4.52. The van der Waals surface area contributed by atoms with E-state index in [1.807, 2.05) is 0 Å². The van der Waals surface area contributed by atoms with Crippen LogP contribution in [0.25, 0.3) is 11.0 Å². The molecule has 0 aliphatic heterocycles. The van der Waals surface area contributed by atoms with E-state index in [0.717, 1.165) is 4.47 Å². The number of aromatic nitrogens is 2. The van der Waals surface area contributed by atoms with Gasteiger partial charge in [-0.1, -0.05) is 0 Å². The molecular weight excluding hydrogens is 295 g/mol. The molecule has 0 aliphatic rings. The van der Waals surface area contributed by atoms with Crippen LogP contribution in [0.1, 0.15) is 1.43 Å². The second-order valence-corrected chi connectivity index (χ2v) is 5.01. The smallest absolute Gasteiger partial charge is 1.00 e. The van der Waals surface area contributed by atoms with Gasteiger partial charge in [-0.3, -0.25) is 4.55 Å². The molecular formula is C7H6BrN2NaO3S. The number of H-pyrrole nitrogens is 1. The van der Waals surface area contributed by atoms with E-state index in [1.165, 1.54) is 12.3 Å². The monoisotopic (exact) mass is 300 g/mol. The third-order valence-electron chi connectivity index (χ3n) is 1.69. The van der Waals surface area contributed by atoms with Gasteiger partial charge in [-0.05, 0) is 28.1 Å². The van der Waals surface area contributed by atoms with Crippen molar-refractivity contribution in [1.82, 2.24) is 9.97 Å². The van der Waals surface area contributed by atoms with Crippen molar-refractivity contribution in [3.8, 4) is 0 Å². The molecule has 15 heavy (non-hydrogen) atoms. The zero-order chi connectivity index (χ0) is 10.3. The molecule has 0 atom stereocenters. The number of pyridine rings is 1. The molecule has 8 heteroatoms. The van der Waals surface area contributed by atoms with Gasteiger partial charge < -0.3 is 6.41 Å². The number of fused-ring (bicyclic) bond motifs is 1. The van der Waals surface area contributed by atoms with E-state index in [-0.39, 0.29) is 36.0 Å². The van der Waals surface area contributed by atoms with Gasteiger partial charge in [0.25, 0.3) is 0 Å². The van der Waals surface area contributed by atoms with Crippen molar-refractivity contribution in [3.05, 3.63) is 22.8 Å². The molecule has 2 heterocycles. The fourth-order valence-corrected chi connectivity index (χ4v) is 1.95. The van der Waals surface area contributed by atoms with E-state index in [2.05, 4.69) is 25.9 Å². The van der Waals surface area contributed by atoms with Crippen LogP contribution >= 0.6 is 15.9 Å². The second-order valence-electron chi connectivity index (χ2n) is 2.70. The predicted octanol–water partition coefficient (Wildman–Crippen LogP) is -1.31. The number of aromatic amines is 1. The van der Waals surface area contributed by atoms with E-state index in [1.54, 1.807) is 6.07 Å². The fraction of sp³-hybridized carbons (Fsp3) is 0. The van der Waals surface area contributed by atoms with Gasteiger partial charge in [0.2, 0.25) is 0 Å². The quantitative estimate of drug-likeness (QED) is 0.506. The molecule has 5 nitrogen and oxygen atoms in total. The Morgan fingerprint density at radius 3 is 2.73 bits per heavy atom. The number of nitrogens with one attached hydrogen (secondary N) is 1. The maximum atomic E-state index is 10.8. The maximum absolute atomic E-state index is 10.8. The summed E-state index contributed by atoms with van der Waals surface area (Å²) in [7, 11) is -4.19. The Bertz CT molecular complexity index is 601. The molecule has 0 fully saturated rings. The van der Waals surface area contributed by atoms with Crippen LogP contribution in [0.2, 0.25) is 0 Å². The minimum absolute atomic E-state index is 0. The van der Waals surface area contributed by atoms with Crippen LogP contribution < -0.4 is 29.6 Å². The van der Waals surface area contributed by atoms with Crippen LogP contribution in [0.15, 0.2) is 27.8 Å². The summed E-state index contributed by atoms with van der Waals surface area (Å²) in [6, 6.07) is 3.02. The molecule has 2 aromatic rings. The number of hydrogen-bond acceptors (Lipinski definition) is 3. The fourth-order valence-electron chi connectivity index (χ4n) is 1.10. The van der Waals surface area contributed by atoms with Gasteiger partial charge in [0.15, 0.2) is 5.03 Å². The summed E-state index contributed by atoms with van der Waals surface area (Å²) >= 11 is 3.20. The summed E-state index contributed by atoms with van der Waals surface area (Å²) in [4.78, 5) is 6.43. The molecule has 2 aromatic heterocycles. The first-order valence-corrected chi connectivity index (χ1v) is 5.82. The van der Waals surface area contributed by atoms with Gasteiger partial charge in [-0.15, -0.1) is 0 Å². The van der Waals surface area contributed by atoms with Gasteiger partial charge in [0, 0.05) is 16.1 Å². The van der Waals surface area contributed by atoms with Crippen molar-refractivity contribution in [3.63, 3.8) is 0 Å². The molecule has 0 amide bonds. The summed E-state index contributed by atoms with van der Waals surface area (Å²) in [5.41, 5.74) is 0.417. The minimum Gasteiger partial charge on any atom is -1.00 e. The van der Waals surface area contributed by atoms with Crippen LogP contribution in [0.4, 0.5) is 0 Å². The molecule has 0 aromatic carbocycles. The van der Waals surface area contributed by atoms with Gasteiger partial charge in [-0.2, -0.15) is 8.42 Å². The summed E-state index contributed by atoms with van der Waals surface area (Å²) in [5.74, 6) is 0. The molecule has 0 saturated carbocycles. The predicted molar refractivity (Wildman–Crippen MR) is 54.7 cm³/mol. The average Bonchev–Trinajstić information content (AvgIpc) is 2.45. The third-order valence-corrected chi connectivity index (χ3v) is 2.90. The van der Waals surface area contributed by atoms with Crippen molar-refractivity contribution in [2.75, 3.05) is 0 Å². The van der Waals surface area contributed by atoms with Crippen molar-refractivity contribution in [2.24, 2.45) is 0 Å². The molecule has 2 rings (SSSR count). The van der Waals surface area contributed by atoms with Crippen molar-refractivity contribution >= 4 is 37.1 Å². The Hall–Kier alpha value is 0.0800. The zero-order valence-electron chi connectivity index (χ0n) is 8.73. The topological polar surface area (TPSA) is 83.1 Å². The van der Waals surface area contributed by atoms with Crippen LogP contribution in [-0.4, -0.2) is 22.9 Å². The largest absolute Gasteiger partial charge is 1.00 e. The Morgan fingerprint density at radius 1 is 1.47 bits per heavy atom. The van der Waals surface area contributed by atoms with Crippen molar-refractivity contribution in [1.29, 1.82) is 0 Å². The Morgan fingerprint density at radius 2 is 2.13 bits per heavy atom. The Kier molecular flexibility index (Phi) is 3.96. The van der Waals surface area contributed by atoms with E-state index < -0.39 is 10.1 Å². The first-order chi connectivity index (χ1) is 6.47. The van der Waals surface area contributed by atoms with Crippen LogP contribution in [0, 0.1) is 0 Å². The van der Waals surface area contributed by atoms with Crippen LogP contribution in [-0.2, 0) is 10.1 Å². The van der Waals surface area contributed by atoms with E-state index in [4.69, 9.17) is 4.55 Å². The number of halogens is 1. The van der Waals surface area contributed by atoms with Crippen LogP contribution in [0.5, 0.6) is 0 Å². The molecule has 0 radical (unpaired) electrons. The molecule has 76 valence electrons. The Balaban J connectivity index is 0.00000112. The average molecular weight is 301 g/mol. The maximum Gasteiger partial charge on any atom is 1.00 e. The van der Waals surface area contributed by atoms with E-state index in [0.29, 0.717) is 11.0 Å².